The number of anilines is 1. The molecule has 3 N–H and O–H groups in total. The first-order valence-electron chi connectivity index (χ1n) is 7.13. The van der Waals surface area contributed by atoms with Crippen LogP contribution in [-0.2, 0) is 0 Å². The summed E-state index contributed by atoms with van der Waals surface area (Å²) in [6.45, 7) is 10.5. The van der Waals surface area contributed by atoms with Crippen LogP contribution >= 0.6 is 0 Å². The van der Waals surface area contributed by atoms with Gasteiger partial charge >= 0.3 is 0 Å². The minimum atomic E-state index is -0.0406. The molecule has 2 atom stereocenters. The van der Waals surface area contributed by atoms with Crippen molar-refractivity contribution in [3.8, 4) is 0 Å². The lowest BCUT2D eigenvalue weighted by Gasteiger charge is -2.19. The van der Waals surface area contributed by atoms with Crippen molar-refractivity contribution in [1.29, 1.82) is 0 Å². The standard InChI is InChI=1S/C15H27N3O/c1-6-11(4)7-12(5)17-15(19)14-8-13(16)9-18(14)10(2)3/h8-12H,6-7,16H2,1-5H3,(H,17,19). The largest absolute Gasteiger partial charge is 0.397 e. The lowest BCUT2D eigenvalue weighted by Crippen LogP contribution is -2.35. The van der Waals surface area contributed by atoms with E-state index >= 15 is 0 Å². The molecule has 0 fully saturated rings. The second-order valence-electron chi connectivity index (χ2n) is 5.78. The zero-order valence-electron chi connectivity index (χ0n) is 12.7. The highest BCUT2D eigenvalue weighted by Crippen LogP contribution is 2.17. The van der Waals surface area contributed by atoms with Crippen molar-refractivity contribution in [1.82, 2.24) is 9.88 Å². The molecule has 1 aromatic heterocycles. The monoisotopic (exact) mass is 265 g/mol. The van der Waals surface area contributed by atoms with E-state index in [9.17, 15) is 4.79 Å². The molecule has 1 rings (SSSR count). The summed E-state index contributed by atoms with van der Waals surface area (Å²) in [6.07, 6.45) is 3.95. The van der Waals surface area contributed by atoms with Crippen molar-refractivity contribution >= 4 is 11.6 Å². The molecule has 0 saturated heterocycles. The van der Waals surface area contributed by atoms with Gasteiger partial charge in [-0.2, -0.15) is 0 Å². The van der Waals surface area contributed by atoms with Crippen LogP contribution in [0.25, 0.3) is 0 Å². The van der Waals surface area contributed by atoms with Crippen molar-refractivity contribution in [2.45, 2.75) is 59.5 Å². The van der Waals surface area contributed by atoms with Crippen LogP contribution in [0.15, 0.2) is 12.3 Å². The zero-order valence-corrected chi connectivity index (χ0v) is 12.7. The van der Waals surface area contributed by atoms with Crippen LogP contribution in [0.4, 0.5) is 5.69 Å². The summed E-state index contributed by atoms with van der Waals surface area (Å²) in [5, 5.41) is 3.05. The number of carbonyl (C=O) groups is 1. The molecule has 0 aromatic carbocycles. The number of carbonyl (C=O) groups excluding carboxylic acids is 1. The Morgan fingerprint density at radius 2 is 2.00 bits per heavy atom. The fraction of sp³-hybridized carbons (Fsp3) is 0.667. The number of nitrogens with zero attached hydrogens (tertiary/aromatic N) is 1. The van der Waals surface area contributed by atoms with E-state index < -0.39 is 0 Å². The van der Waals surface area contributed by atoms with E-state index in [-0.39, 0.29) is 18.0 Å². The summed E-state index contributed by atoms with van der Waals surface area (Å²) in [7, 11) is 0. The molecule has 4 heteroatoms. The predicted molar refractivity (Wildman–Crippen MR) is 80.2 cm³/mol. The predicted octanol–water partition coefficient (Wildman–Crippen LogP) is 3.21. The Morgan fingerprint density at radius 3 is 2.53 bits per heavy atom. The first-order valence-corrected chi connectivity index (χ1v) is 7.13. The second-order valence-corrected chi connectivity index (χ2v) is 5.78. The number of hydrogen-bond acceptors (Lipinski definition) is 2. The lowest BCUT2D eigenvalue weighted by atomic mass is 10.0. The van der Waals surface area contributed by atoms with Crippen LogP contribution in [0.3, 0.4) is 0 Å². The Labute approximate surface area is 116 Å². The SMILES string of the molecule is CCC(C)CC(C)NC(=O)c1cc(N)cn1C(C)C. The maximum Gasteiger partial charge on any atom is 0.268 e. The summed E-state index contributed by atoms with van der Waals surface area (Å²) >= 11 is 0. The molecule has 0 aliphatic carbocycles. The first-order chi connectivity index (χ1) is 8.85. The van der Waals surface area contributed by atoms with E-state index in [4.69, 9.17) is 5.73 Å². The van der Waals surface area contributed by atoms with Gasteiger partial charge in [-0.1, -0.05) is 20.3 Å². The molecular formula is C15H27N3O. The van der Waals surface area contributed by atoms with Gasteiger partial charge in [-0.3, -0.25) is 4.79 Å². The number of amides is 1. The van der Waals surface area contributed by atoms with Gasteiger partial charge in [-0.15, -0.1) is 0 Å². The molecular weight excluding hydrogens is 238 g/mol. The van der Waals surface area contributed by atoms with Gasteiger partial charge in [0, 0.05) is 18.3 Å². The second kappa shape index (κ2) is 6.64. The number of rotatable bonds is 6. The van der Waals surface area contributed by atoms with E-state index in [1.165, 1.54) is 0 Å². The molecule has 2 unspecified atom stereocenters. The molecule has 108 valence electrons. The maximum atomic E-state index is 12.3. The third-order valence-electron chi connectivity index (χ3n) is 3.49. The van der Waals surface area contributed by atoms with Crippen LogP contribution in [-0.4, -0.2) is 16.5 Å². The van der Waals surface area contributed by atoms with E-state index in [0.717, 1.165) is 12.8 Å². The molecule has 1 heterocycles. The number of nitrogens with one attached hydrogen (secondary N) is 1. The average molecular weight is 265 g/mol. The molecule has 0 aliphatic heterocycles. The van der Waals surface area contributed by atoms with Gasteiger partial charge < -0.3 is 15.6 Å². The molecule has 0 saturated carbocycles. The minimum absolute atomic E-state index is 0.0406. The zero-order chi connectivity index (χ0) is 14.6. The average Bonchev–Trinajstić information content (AvgIpc) is 2.71. The highest BCUT2D eigenvalue weighted by molar-refractivity contribution is 5.94. The van der Waals surface area contributed by atoms with Crippen molar-refractivity contribution in [3.63, 3.8) is 0 Å². The van der Waals surface area contributed by atoms with Crippen LogP contribution in [0.2, 0.25) is 0 Å². The van der Waals surface area contributed by atoms with Crippen LogP contribution in [0, 0.1) is 5.92 Å². The Balaban J connectivity index is 2.73. The van der Waals surface area contributed by atoms with Crippen molar-refractivity contribution < 1.29 is 4.79 Å². The molecule has 0 spiro atoms. The van der Waals surface area contributed by atoms with Crippen LogP contribution in [0.1, 0.15) is 64.0 Å². The Bertz CT molecular complexity index is 423. The Kier molecular flexibility index (Phi) is 5.45. The van der Waals surface area contributed by atoms with Crippen molar-refractivity contribution in [2.75, 3.05) is 5.73 Å². The number of aromatic nitrogens is 1. The first kappa shape index (κ1) is 15.6. The number of nitrogen functional groups attached to an aromatic ring is 1. The highest BCUT2D eigenvalue weighted by atomic mass is 16.2. The summed E-state index contributed by atoms with van der Waals surface area (Å²) in [5.41, 5.74) is 7.06. The molecule has 0 radical (unpaired) electrons. The van der Waals surface area contributed by atoms with Crippen molar-refractivity contribution in [3.05, 3.63) is 18.0 Å². The molecule has 19 heavy (non-hydrogen) atoms. The molecule has 0 bridgehead atoms. The minimum Gasteiger partial charge on any atom is -0.397 e. The topological polar surface area (TPSA) is 60.1 Å². The van der Waals surface area contributed by atoms with E-state index in [2.05, 4.69) is 26.1 Å². The van der Waals surface area contributed by atoms with Gasteiger partial charge in [0.1, 0.15) is 5.69 Å². The van der Waals surface area contributed by atoms with Crippen LogP contribution < -0.4 is 11.1 Å². The quantitative estimate of drug-likeness (QED) is 0.829. The summed E-state index contributed by atoms with van der Waals surface area (Å²) in [6, 6.07) is 2.15. The number of nitrogens with two attached hydrogens (primary N) is 1. The smallest absolute Gasteiger partial charge is 0.268 e. The Morgan fingerprint density at radius 1 is 1.37 bits per heavy atom. The molecule has 1 aromatic rings. The fourth-order valence-corrected chi connectivity index (χ4v) is 2.24. The molecule has 4 nitrogen and oxygen atoms in total. The van der Waals surface area contributed by atoms with Crippen molar-refractivity contribution in [2.24, 2.45) is 5.92 Å². The van der Waals surface area contributed by atoms with E-state index in [1.807, 2.05) is 24.6 Å². The Hall–Kier alpha value is -1.45. The highest BCUT2D eigenvalue weighted by Gasteiger charge is 2.17. The van der Waals surface area contributed by atoms with Gasteiger partial charge in [0.15, 0.2) is 0 Å². The van der Waals surface area contributed by atoms with Gasteiger partial charge in [-0.25, -0.2) is 0 Å². The molecule has 0 aliphatic rings. The maximum absolute atomic E-state index is 12.3. The normalized spacial score (nSPS) is 14.4. The fourth-order valence-electron chi connectivity index (χ4n) is 2.24. The molecule has 1 amide bonds. The van der Waals surface area contributed by atoms with E-state index in [1.54, 1.807) is 6.07 Å². The third kappa shape index (κ3) is 4.30. The lowest BCUT2D eigenvalue weighted by molar-refractivity contribution is 0.0924. The summed E-state index contributed by atoms with van der Waals surface area (Å²) in [4.78, 5) is 12.3. The third-order valence-corrected chi connectivity index (χ3v) is 3.49. The number of hydrogen-bond donors (Lipinski definition) is 2. The van der Waals surface area contributed by atoms with Gasteiger partial charge in [-0.05, 0) is 39.2 Å². The van der Waals surface area contributed by atoms with E-state index in [0.29, 0.717) is 17.3 Å². The van der Waals surface area contributed by atoms with Crippen LogP contribution in [0.5, 0.6) is 0 Å². The summed E-state index contributed by atoms with van der Waals surface area (Å²) in [5.74, 6) is 0.582. The van der Waals surface area contributed by atoms with Gasteiger partial charge in [0.2, 0.25) is 0 Å². The summed E-state index contributed by atoms with van der Waals surface area (Å²) < 4.78 is 1.92. The van der Waals surface area contributed by atoms with Gasteiger partial charge in [0.25, 0.3) is 5.91 Å². The van der Waals surface area contributed by atoms with Gasteiger partial charge in [0.05, 0.1) is 5.69 Å².